The molecule has 6 nitrogen and oxygen atoms in total. The SMILES string of the molecule is CCc1ccc2c(ccn2CC(=O)Nc2ccc([N+](=O)[O-])cc2)c1. The highest BCUT2D eigenvalue weighted by Crippen LogP contribution is 2.19. The van der Waals surface area contributed by atoms with Crippen LogP contribution in [-0.2, 0) is 17.8 Å². The molecule has 0 unspecified atom stereocenters. The van der Waals surface area contributed by atoms with Gasteiger partial charge in [-0.2, -0.15) is 0 Å². The fourth-order valence-electron chi connectivity index (χ4n) is 2.63. The molecule has 1 amide bonds. The molecule has 1 heterocycles. The van der Waals surface area contributed by atoms with Gasteiger partial charge in [0.25, 0.3) is 5.69 Å². The number of fused-ring (bicyclic) bond motifs is 1. The summed E-state index contributed by atoms with van der Waals surface area (Å²) in [6, 6.07) is 14.0. The number of carbonyl (C=O) groups is 1. The Morgan fingerprint density at radius 2 is 1.92 bits per heavy atom. The first-order chi connectivity index (χ1) is 11.6. The van der Waals surface area contributed by atoms with Crippen molar-refractivity contribution in [2.24, 2.45) is 0 Å². The number of anilines is 1. The maximum absolute atomic E-state index is 12.2. The van der Waals surface area contributed by atoms with Gasteiger partial charge in [-0.05, 0) is 47.7 Å². The highest BCUT2D eigenvalue weighted by atomic mass is 16.6. The van der Waals surface area contributed by atoms with Crippen LogP contribution in [0.4, 0.5) is 11.4 Å². The first kappa shape index (κ1) is 15.7. The van der Waals surface area contributed by atoms with Crippen molar-refractivity contribution in [3.8, 4) is 0 Å². The van der Waals surface area contributed by atoms with Crippen LogP contribution in [0.1, 0.15) is 12.5 Å². The fraction of sp³-hybridized carbons (Fsp3) is 0.167. The van der Waals surface area contributed by atoms with E-state index < -0.39 is 4.92 Å². The van der Waals surface area contributed by atoms with Crippen LogP contribution < -0.4 is 5.32 Å². The van der Waals surface area contributed by atoms with E-state index in [0.29, 0.717) is 5.69 Å². The molecule has 0 aliphatic heterocycles. The molecule has 0 saturated heterocycles. The van der Waals surface area contributed by atoms with E-state index in [4.69, 9.17) is 0 Å². The van der Waals surface area contributed by atoms with Gasteiger partial charge in [0.15, 0.2) is 0 Å². The van der Waals surface area contributed by atoms with Crippen LogP contribution in [0.5, 0.6) is 0 Å². The maximum Gasteiger partial charge on any atom is 0.269 e. The predicted octanol–water partition coefficient (Wildman–Crippen LogP) is 3.75. The number of aryl methyl sites for hydroxylation is 1. The molecule has 6 heteroatoms. The summed E-state index contributed by atoms with van der Waals surface area (Å²) in [6.07, 6.45) is 2.86. The van der Waals surface area contributed by atoms with Crippen molar-refractivity contribution < 1.29 is 9.72 Å². The first-order valence-electron chi connectivity index (χ1n) is 7.69. The van der Waals surface area contributed by atoms with E-state index in [-0.39, 0.29) is 18.1 Å². The summed E-state index contributed by atoms with van der Waals surface area (Å²) >= 11 is 0. The Bertz CT molecular complexity index is 898. The van der Waals surface area contributed by atoms with Gasteiger partial charge < -0.3 is 9.88 Å². The second kappa shape index (κ2) is 6.54. The smallest absolute Gasteiger partial charge is 0.269 e. The van der Waals surface area contributed by atoms with Crippen molar-refractivity contribution >= 4 is 28.2 Å². The Balaban J connectivity index is 1.71. The standard InChI is InChI=1S/C18H17N3O3/c1-2-13-3-8-17-14(11-13)9-10-20(17)12-18(22)19-15-4-6-16(7-5-15)21(23)24/h3-11H,2,12H2,1H3,(H,19,22). The lowest BCUT2D eigenvalue weighted by molar-refractivity contribution is -0.384. The molecule has 0 aliphatic rings. The number of nitro benzene ring substituents is 1. The normalized spacial score (nSPS) is 10.7. The number of carbonyl (C=O) groups excluding carboxylic acids is 1. The van der Waals surface area contributed by atoms with E-state index in [9.17, 15) is 14.9 Å². The highest BCUT2D eigenvalue weighted by Gasteiger charge is 2.09. The average molecular weight is 323 g/mol. The summed E-state index contributed by atoms with van der Waals surface area (Å²) in [7, 11) is 0. The molecule has 0 atom stereocenters. The van der Waals surface area contributed by atoms with Gasteiger partial charge in [0.2, 0.25) is 5.91 Å². The number of hydrogen-bond acceptors (Lipinski definition) is 3. The van der Waals surface area contributed by atoms with Gasteiger partial charge in [-0.3, -0.25) is 14.9 Å². The first-order valence-corrected chi connectivity index (χ1v) is 7.69. The van der Waals surface area contributed by atoms with Gasteiger partial charge in [-0.25, -0.2) is 0 Å². The third kappa shape index (κ3) is 3.27. The molecule has 122 valence electrons. The van der Waals surface area contributed by atoms with Crippen molar-refractivity contribution in [3.05, 3.63) is 70.4 Å². The number of hydrogen-bond donors (Lipinski definition) is 1. The van der Waals surface area contributed by atoms with Gasteiger partial charge in [0.05, 0.1) is 4.92 Å². The number of nitrogens with one attached hydrogen (secondary N) is 1. The average Bonchev–Trinajstić information content (AvgIpc) is 2.97. The summed E-state index contributed by atoms with van der Waals surface area (Å²) < 4.78 is 1.88. The number of aromatic nitrogens is 1. The minimum atomic E-state index is -0.470. The van der Waals surface area contributed by atoms with E-state index in [1.807, 2.05) is 22.9 Å². The molecule has 0 saturated carbocycles. The monoisotopic (exact) mass is 323 g/mol. The van der Waals surface area contributed by atoms with Gasteiger partial charge >= 0.3 is 0 Å². The molecule has 0 spiro atoms. The fourth-order valence-corrected chi connectivity index (χ4v) is 2.63. The van der Waals surface area contributed by atoms with Gasteiger partial charge in [-0.1, -0.05) is 13.0 Å². The molecular formula is C18H17N3O3. The van der Waals surface area contributed by atoms with E-state index in [0.717, 1.165) is 17.3 Å². The molecule has 0 radical (unpaired) electrons. The van der Waals surface area contributed by atoms with Crippen LogP contribution in [0, 0.1) is 10.1 Å². The van der Waals surface area contributed by atoms with Crippen molar-refractivity contribution in [1.29, 1.82) is 0 Å². The third-order valence-corrected chi connectivity index (χ3v) is 3.92. The molecule has 0 bridgehead atoms. The van der Waals surface area contributed by atoms with Crippen molar-refractivity contribution in [2.45, 2.75) is 19.9 Å². The minimum absolute atomic E-state index is 0.00358. The molecule has 3 rings (SSSR count). The van der Waals surface area contributed by atoms with Crippen LogP contribution in [0.25, 0.3) is 10.9 Å². The van der Waals surface area contributed by atoms with Crippen molar-refractivity contribution in [3.63, 3.8) is 0 Å². The maximum atomic E-state index is 12.2. The summed E-state index contributed by atoms with van der Waals surface area (Å²) in [5.74, 6) is -0.180. The number of rotatable bonds is 5. The third-order valence-electron chi connectivity index (χ3n) is 3.92. The minimum Gasteiger partial charge on any atom is -0.338 e. The van der Waals surface area contributed by atoms with E-state index in [1.54, 1.807) is 0 Å². The lowest BCUT2D eigenvalue weighted by Crippen LogP contribution is -2.18. The number of benzene rings is 2. The molecule has 0 fully saturated rings. The van der Waals surface area contributed by atoms with Crippen LogP contribution in [0.2, 0.25) is 0 Å². The second-order valence-electron chi connectivity index (χ2n) is 5.54. The Labute approximate surface area is 138 Å². The Morgan fingerprint density at radius 3 is 2.58 bits per heavy atom. The lowest BCUT2D eigenvalue weighted by atomic mass is 10.1. The summed E-state index contributed by atoms with van der Waals surface area (Å²) in [4.78, 5) is 22.4. The predicted molar refractivity (Wildman–Crippen MR) is 93.0 cm³/mol. The van der Waals surface area contributed by atoms with Crippen LogP contribution >= 0.6 is 0 Å². The largest absolute Gasteiger partial charge is 0.338 e. The van der Waals surface area contributed by atoms with Crippen LogP contribution in [0.15, 0.2) is 54.7 Å². The number of nitro groups is 1. The lowest BCUT2D eigenvalue weighted by Gasteiger charge is -2.08. The van der Waals surface area contributed by atoms with Gasteiger partial charge in [0, 0.05) is 29.5 Å². The highest BCUT2D eigenvalue weighted by molar-refractivity contribution is 5.92. The molecule has 3 aromatic rings. The van der Waals surface area contributed by atoms with Crippen molar-refractivity contribution in [2.75, 3.05) is 5.32 Å². The zero-order chi connectivity index (χ0) is 17.1. The Kier molecular flexibility index (Phi) is 4.29. The second-order valence-corrected chi connectivity index (χ2v) is 5.54. The zero-order valence-electron chi connectivity index (χ0n) is 13.2. The Morgan fingerprint density at radius 1 is 1.17 bits per heavy atom. The quantitative estimate of drug-likeness (QED) is 0.574. The number of amides is 1. The molecule has 24 heavy (non-hydrogen) atoms. The van der Waals surface area contributed by atoms with Crippen LogP contribution in [-0.4, -0.2) is 15.4 Å². The van der Waals surface area contributed by atoms with Gasteiger partial charge in [0.1, 0.15) is 6.54 Å². The number of non-ortho nitro benzene ring substituents is 1. The summed E-state index contributed by atoms with van der Waals surface area (Å²) in [6.45, 7) is 2.29. The van der Waals surface area contributed by atoms with E-state index in [2.05, 4.69) is 24.4 Å². The van der Waals surface area contributed by atoms with E-state index >= 15 is 0 Å². The molecule has 2 aromatic carbocycles. The molecular weight excluding hydrogens is 306 g/mol. The zero-order valence-corrected chi connectivity index (χ0v) is 13.2. The summed E-state index contributed by atoms with van der Waals surface area (Å²) in [5, 5.41) is 14.5. The molecule has 1 N–H and O–H groups in total. The molecule has 1 aromatic heterocycles. The van der Waals surface area contributed by atoms with Crippen LogP contribution in [0.3, 0.4) is 0 Å². The van der Waals surface area contributed by atoms with E-state index in [1.165, 1.54) is 29.8 Å². The Hall–Kier alpha value is -3.15. The topological polar surface area (TPSA) is 77.2 Å². The number of nitrogens with zero attached hydrogens (tertiary/aromatic N) is 2. The molecule has 0 aliphatic carbocycles. The van der Waals surface area contributed by atoms with Crippen molar-refractivity contribution in [1.82, 2.24) is 4.57 Å². The van der Waals surface area contributed by atoms with Gasteiger partial charge in [-0.15, -0.1) is 0 Å². The summed E-state index contributed by atoms with van der Waals surface area (Å²) in [5.41, 5.74) is 2.80.